The van der Waals surface area contributed by atoms with Gasteiger partial charge >= 0.3 is 0 Å². The molecule has 0 bridgehead atoms. The first-order valence-corrected chi connectivity index (χ1v) is 11.3. The summed E-state index contributed by atoms with van der Waals surface area (Å²) in [5, 5.41) is 4.45. The number of benzene rings is 1. The van der Waals surface area contributed by atoms with E-state index < -0.39 is 42.8 Å². The molecular weight excluding hydrogens is 452 g/mol. The van der Waals surface area contributed by atoms with Crippen LogP contribution in [0, 0.1) is 25.3 Å². The third-order valence-corrected chi connectivity index (χ3v) is 6.16. The molecule has 1 saturated carbocycles. The second-order valence-electron chi connectivity index (χ2n) is 8.91. The van der Waals surface area contributed by atoms with Gasteiger partial charge in [0.1, 0.15) is 28.9 Å². The maximum Gasteiger partial charge on any atom is 0.228 e. The van der Waals surface area contributed by atoms with Gasteiger partial charge in [0.05, 0.1) is 36.3 Å². The minimum Gasteiger partial charge on any atom is -0.367 e. The van der Waals surface area contributed by atoms with Gasteiger partial charge in [-0.25, -0.2) is 23.7 Å². The summed E-state index contributed by atoms with van der Waals surface area (Å²) in [6.45, 7) is -3.35. The van der Waals surface area contributed by atoms with Crippen LogP contribution < -0.4 is 4.90 Å². The molecule has 0 radical (unpaired) electrons. The first kappa shape index (κ1) is 16.2. The summed E-state index contributed by atoms with van der Waals surface area (Å²) in [6, 6.07) is 3.25. The predicted molar refractivity (Wildman–Crippen MR) is 126 cm³/mol. The van der Waals surface area contributed by atoms with Crippen molar-refractivity contribution in [2.45, 2.75) is 51.7 Å². The largest absolute Gasteiger partial charge is 0.367 e. The number of hydrogen-bond donors (Lipinski definition) is 0. The van der Waals surface area contributed by atoms with Crippen molar-refractivity contribution >= 4 is 17.1 Å². The minimum atomic E-state index is -2.94. The normalized spacial score (nSPS) is 23.8. The molecule has 3 aromatic heterocycles. The van der Waals surface area contributed by atoms with E-state index in [1.54, 1.807) is 11.1 Å². The first-order chi connectivity index (χ1) is 19.3. The van der Waals surface area contributed by atoms with Gasteiger partial charge in [0, 0.05) is 38.2 Å². The lowest BCUT2D eigenvalue weighted by Gasteiger charge is -2.36. The summed E-state index contributed by atoms with van der Waals surface area (Å²) < 4.78 is 84.2. The van der Waals surface area contributed by atoms with Gasteiger partial charge in [0.25, 0.3) is 0 Å². The Labute approximate surface area is 209 Å². The quantitative estimate of drug-likeness (QED) is 0.423. The lowest BCUT2D eigenvalue weighted by Crippen LogP contribution is -2.43. The van der Waals surface area contributed by atoms with E-state index in [9.17, 15) is 4.39 Å². The lowest BCUT2D eigenvalue weighted by molar-refractivity contribution is -0.0178. The Morgan fingerprint density at radius 2 is 1.89 bits per heavy atom. The van der Waals surface area contributed by atoms with Crippen LogP contribution in [0.4, 0.5) is 14.7 Å². The number of hydrogen-bond acceptors (Lipinski definition) is 7. The molecule has 2 fully saturated rings. The average molecular weight is 484 g/mol. The molecule has 6 rings (SSSR count). The second kappa shape index (κ2) is 8.30. The number of rotatable bonds is 4. The average Bonchev–Trinajstić information content (AvgIpc) is 3.62. The summed E-state index contributed by atoms with van der Waals surface area (Å²) in [6.07, 6.45) is 5.19. The fourth-order valence-electron chi connectivity index (χ4n) is 4.30. The highest BCUT2D eigenvalue weighted by molar-refractivity contribution is 5.88. The number of fused-ring (bicyclic) bond motifs is 1. The number of nitrogens with zero attached hydrogens (tertiary/aromatic N) is 7. The molecule has 2 atom stereocenters. The third-order valence-electron chi connectivity index (χ3n) is 6.16. The van der Waals surface area contributed by atoms with E-state index in [0.29, 0.717) is 25.2 Å². The molecule has 8 nitrogen and oxygen atoms in total. The van der Waals surface area contributed by atoms with E-state index in [1.807, 2.05) is 17.8 Å². The van der Waals surface area contributed by atoms with Gasteiger partial charge in [-0.1, -0.05) is 0 Å². The minimum absolute atomic E-state index is 0.0818. The zero-order chi connectivity index (χ0) is 29.3. The first-order valence-electron chi connectivity index (χ1n) is 14.3. The van der Waals surface area contributed by atoms with Crippen molar-refractivity contribution in [1.29, 1.82) is 0 Å². The van der Waals surface area contributed by atoms with Gasteiger partial charge in [0.15, 0.2) is 5.65 Å². The van der Waals surface area contributed by atoms with E-state index in [0.717, 1.165) is 30.5 Å². The lowest BCUT2D eigenvalue weighted by atomic mass is 10.1. The molecule has 1 aromatic carbocycles. The Kier molecular flexibility index (Phi) is 3.84. The Hall–Kier alpha value is -3.53. The van der Waals surface area contributed by atoms with E-state index in [1.165, 1.54) is 0 Å². The highest BCUT2D eigenvalue weighted by Crippen LogP contribution is 2.36. The van der Waals surface area contributed by atoms with Gasteiger partial charge in [0.2, 0.25) is 5.95 Å². The Balaban J connectivity index is 1.51. The number of morpholine rings is 1. The van der Waals surface area contributed by atoms with Gasteiger partial charge in [-0.15, -0.1) is 0 Å². The van der Waals surface area contributed by atoms with Crippen molar-refractivity contribution in [2.75, 3.05) is 18.0 Å². The summed E-state index contributed by atoms with van der Waals surface area (Å²) in [5.41, 5.74) is -1.40. The zero-order valence-corrected chi connectivity index (χ0v) is 18.7. The third kappa shape index (κ3) is 4.12. The van der Waals surface area contributed by atoms with E-state index in [2.05, 4.69) is 25.0 Å². The number of halogens is 2. The van der Waals surface area contributed by atoms with Crippen molar-refractivity contribution in [3.8, 4) is 11.3 Å². The molecule has 0 unspecified atom stereocenters. The van der Waals surface area contributed by atoms with Crippen LogP contribution in [0.2, 0.25) is 0 Å². The van der Waals surface area contributed by atoms with Gasteiger partial charge in [-0.2, -0.15) is 10.1 Å². The Bertz CT molecular complexity index is 1640. The monoisotopic (exact) mass is 483 g/mol. The topological polar surface area (TPSA) is 81.9 Å². The van der Waals surface area contributed by atoms with Crippen molar-refractivity contribution < 1.29 is 21.7 Å². The van der Waals surface area contributed by atoms with Gasteiger partial charge in [-0.05, 0) is 45.6 Å². The maximum absolute atomic E-state index is 15.1. The highest BCUT2D eigenvalue weighted by Gasteiger charge is 2.32. The Morgan fingerprint density at radius 1 is 1.06 bits per heavy atom. The summed E-state index contributed by atoms with van der Waals surface area (Å²) in [7, 11) is 0. The van der Waals surface area contributed by atoms with Crippen LogP contribution in [-0.4, -0.2) is 48.9 Å². The molecule has 4 aromatic rings. The maximum atomic E-state index is 15.1. The van der Waals surface area contributed by atoms with Crippen molar-refractivity contribution in [2.24, 2.45) is 0 Å². The fourth-order valence-corrected chi connectivity index (χ4v) is 4.30. The highest BCUT2D eigenvalue weighted by atomic mass is 19.1. The molecule has 0 N–H and O–H groups in total. The SMILES string of the molecule is [2H]C([2H])([2H])c1nc2nc(N3C[C@@H](c4cnn(C5CC5)c4)O[C@@H](C)C3)nc(-c3ccc(F)cc3F)c2nc1C([2H])([2H])[2H]. The number of anilines is 1. The van der Waals surface area contributed by atoms with Crippen molar-refractivity contribution in [3.05, 3.63) is 59.2 Å². The van der Waals surface area contributed by atoms with Crippen LogP contribution in [-0.2, 0) is 4.74 Å². The van der Waals surface area contributed by atoms with Crippen LogP contribution in [0.5, 0.6) is 0 Å². The summed E-state index contributed by atoms with van der Waals surface area (Å²) in [5.74, 6) is -1.70. The smallest absolute Gasteiger partial charge is 0.228 e. The molecule has 1 saturated heterocycles. The van der Waals surface area contributed by atoms with Gasteiger partial charge in [-0.3, -0.25) is 4.68 Å². The van der Waals surface area contributed by atoms with Crippen LogP contribution in [0.25, 0.3) is 22.4 Å². The molecule has 1 aliphatic carbocycles. The van der Waals surface area contributed by atoms with Crippen LogP contribution in [0.15, 0.2) is 30.6 Å². The molecule has 0 spiro atoms. The number of aryl methyl sites for hydroxylation is 2. The molecule has 10 heteroatoms. The van der Waals surface area contributed by atoms with Crippen LogP contribution >= 0.6 is 0 Å². The van der Waals surface area contributed by atoms with Crippen LogP contribution in [0.3, 0.4) is 0 Å². The summed E-state index contributed by atoms with van der Waals surface area (Å²) in [4.78, 5) is 19.1. The van der Waals surface area contributed by atoms with Crippen molar-refractivity contribution in [3.63, 3.8) is 0 Å². The number of aromatic nitrogens is 6. The zero-order valence-electron chi connectivity index (χ0n) is 24.7. The molecule has 35 heavy (non-hydrogen) atoms. The van der Waals surface area contributed by atoms with Gasteiger partial charge < -0.3 is 9.64 Å². The Morgan fingerprint density at radius 3 is 2.66 bits per heavy atom. The number of ether oxygens (including phenoxy) is 1. The molecule has 4 heterocycles. The van der Waals surface area contributed by atoms with Crippen LogP contribution in [0.1, 0.15) is 57.1 Å². The predicted octanol–water partition coefficient (Wildman–Crippen LogP) is 4.48. The van der Waals surface area contributed by atoms with E-state index >= 15 is 4.39 Å². The van der Waals surface area contributed by atoms with E-state index in [4.69, 9.17) is 13.0 Å². The summed E-state index contributed by atoms with van der Waals surface area (Å²) >= 11 is 0. The fraction of sp³-hybridized carbons (Fsp3) is 0.400. The van der Waals surface area contributed by atoms with E-state index in [-0.39, 0.29) is 34.5 Å². The van der Waals surface area contributed by atoms with Crippen molar-refractivity contribution in [1.82, 2.24) is 29.7 Å². The second-order valence-corrected chi connectivity index (χ2v) is 8.91. The molecule has 2 aliphatic rings. The molecule has 1 aliphatic heterocycles. The molecular formula is C25H25F2N7O. The standard InChI is InChI=1S/C25H25F2N7O/c1-13-10-33(12-21(35-13)16-9-28-34(11-16)18-5-6-18)25-31-22(19-7-4-17(26)8-20(19)27)23-24(32-25)30-15(3)14(2)29-23/h4,7-9,11,13,18,21H,5-6,10,12H2,1-3H3/t13-,21-/m0/s1/i2D3,3D3. The molecule has 180 valence electrons. The molecule has 0 amide bonds.